The van der Waals surface area contributed by atoms with Gasteiger partial charge >= 0.3 is 6.03 Å². The molecule has 3 nitrogen and oxygen atoms in total. The number of halogens is 1. The van der Waals surface area contributed by atoms with E-state index in [0.29, 0.717) is 19.6 Å². The Kier molecular flexibility index (Phi) is 4.76. The molecule has 0 atom stereocenters. The van der Waals surface area contributed by atoms with Gasteiger partial charge in [0.2, 0.25) is 0 Å². The third kappa shape index (κ3) is 3.53. The second-order valence-corrected chi connectivity index (χ2v) is 3.48. The van der Waals surface area contributed by atoms with Crippen molar-refractivity contribution in [2.45, 2.75) is 20.4 Å². The number of rotatable bonds is 4. The van der Waals surface area contributed by atoms with Crippen LogP contribution in [0.15, 0.2) is 24.3 Å². The van der Waals surface area contributed by atoms with Gasteiger partial charge in [0, 0.05) is 19.6 Å². The third-order valence-corrected chi connectivity index (χ3v) is 2.26. The van der Waals surface area contributed by atoms with Crippen molar-refractivity contribution in [3.8, 4) is 0 Å². The van der Waals surface area contributed by atoms with Crippen molar-refractivity contribution < 1.29 is 9.18 Å². The van der Waals surface area contributed by atoms with Crippen LogP contribution in [0.25, 0.3) is 0 Å². The largest absolute Gasteiger partial charge is 0.338 e. The Labute approximate surface area is 95.3 Å². The van der Waals surface area contributed by atoms with Crippen LogP contribution in [-0.4, -0.2) is 24.0 Å². The highest BCUT2D eigenvalue weighted by Gasteiger charge is 2.10. The van der Waals surface area contributed by atoms with Crippen LogP contribution in [0, 0.1) is 5.82 Å². The minimum absolute atomic E-state index is 0.116. The quantitative estimate of drug-likeness (QED) is 0.836. The summed E-state index contributed by atoms with van der Waals surface area (Å²) in [5, 5.41) is 2.72. The van der Waals surface area contributed by atoms with Crippen molar-refractivity contribution in [2.75, 3.05) is 13.1 Å². The fourth-order valence-electron chi connectivity index (χ4n) is 1.45. The summed E-state index contributed by atoms with van der Waals surface area (Å²) < 4.78 is 13.0. The molecule has 0 spiro atoms. The number of hydrogen-bond donors (Lipinski definition) is 1. The lowest BCUT2D eigenvalue weighted by atomic mass is 10.2. The number of nitrogens with zero attached hydrogens (tertiary/aromatic N) is 1. The molecule has 1 aromatic carbocycles. The maximum absolute atomic E-state index is 13.0. The molecule has 2 amide bonds. The molecule has 88 valence electrons. The lowest BCUT2D eigenvalue weighted by molar-refractivity contribution is 0.198. The molecule has 1 N–H and O–H groups in total. The SMILES string of the molecule is CCNC(=O)N(CC)Cc1cccc(F)c1. The van der Waals surface area contributed by atoms with Crippen LogP contribution >= 0.6 is 0 Å². The van der Waals surface area contributed by atoms with E-state index in [4.69, 9.17) is 0 Å². The summed E-state index contributed by atoms with van der Waals surface area (Å²) in [7, 11) is 0. The number of amides is 2. The monoisotopic (exact) mass is 224 g/mol. The predicted molar refractivity (Wildman–Crippen MR) is 61.6 cm³/mol. The minimum Gasteiger partial charge on any atom is -0.338 e. The molecule has 1 aromatic rings. The van der Waals surface area contributed by atoms with Gasteiger partial charge < -0.3 is 10.2 Å². The number of benzene rings is 1. The molecule has 0 aromatic heterocycles. The molecule has 0 aliphatic heterocycles. The normalized spacial score (nSPS) is 9.94. The molecule has 4 heteroatoms. The molecule has 0 radical (unpaired) electrons. The molecule has 0 aliphatic carbocycles. The van der Waals surface area contributed by atoms with Gasteiger partial charge in [-0.2, -0.15) is 0 Å². The van der Waals surface area contributed by atoms with Gasteiger partial charge in [-0.1, -0.05) is 12.1 Å². The van der Waals surface area contributed by atoms with Gasteiger partial charge in [-0.25, -0.2) is 9.18 Å². The minimum atomic E-state index is -0.274. The van der Waals surface area contributed by atoms with E-state index in [1.54, 1.807) is 11.0 Å². The van der Waals surface area contributed by atoms with E-state index < -0.39 is 0 Å². The standard InChI is InChI=1S/C12H17FN2O/c1-3-14-12(16)15(4-2)9-10-6-5-7-11(13)8-10/h5-8H,3-4,9H2,1-2H3,(H,14,16). The van der Waals surface area contributed by atoms with E-state index in [2.05, 4.69) is 5.32 Å². The zero-order chi connectivity index (χ0) is 12.0. The molecule has 0 heterocycles. The summed E-state index contributed by atoms with van der Waals surface area (Å²) in [4.78, 5) is 13.2. The van der Waals surface area contributed by atoms with Crippen LogP contribution in [-0.2, 0) is 6.54 Å². The Morgan fingerprint density at radius 2 is 2.19 bits per heavy atom. The first-order valence-electron chi connectivity index (χ1n) is 5.44. The molecule has 0 aliphatic rings. The molecule has 0 saturated carbocycles. The highest BCUT2D eigenvalue weighted by atomic mass is 19.1. The zero-order valence-corrected chi connectivity index (χ0v) is 9.66. The van der Waals surface area contributed by atoms with Gasteiger partial charge in [0.25, 0.3) is 0 Å². The van der Waals surface area contributed by atoms with E-state index >= 15 is 0 Å². The molecule has 0 bridgehead atoms. The van der Waals surface area contributed by atoms with E-state index in [9.17, 15) is 9.18 Å². The highest BCUT2D eigenvalue weighted by Crippen LogP contribution is 2.07. The molecular weight excluding hydrogens is 207 g/mol. The predicted octanol–water partition coefficient (Wildman–Crippen LogP) is 2.38. The molecule has 16 heavy (non-hydrogen) atoms. The first-order valence-corrected chi connectivity index (χ1v) is 5.44. The smallest absolute Gasteiger partial charge is 0.317 e. The molecule has 0 fully saturated rings. The van der Waals surface area contributed by atoms with E-state index in [1.165, 1.54) is 12.1 Å². The Hall–Kier alpha value is -1.58. The van der Waals surface area contributed by atoms with Crippen molar-refractivity contribution in [3.63, 3.8) is 0 Å². The lowest BCUT2D eigenvalue weighted by Gasteiger charge is -2.21. The maximum atomic E-state index is 13.0. The average molecular weight is 224 g/mol. The molecular formula is C12H17FN2O. The molecule has 0 unspecified atom stereocenters. The molecule has 1 rings (SSSR count). The Balaban J connectivity index is 2.66. The summed E-state index contributed by atoms with van der Waals surface area (Å²) in [5.74, 6) is -0.274. The zero-order valence-electron chi connectivity index (χ0n) is 9.66. The Bertz CT molecular complexity index is 355. The van der Waals surface area contributed by atoms with Crippen molar-refractivity contribution in [1.82, 2.24) is 10.2 Å². The van der Waals surface area contributed by atoms with E-state index in [-0.39, 0.29) is 11.8 Å². The Morgan fingerprint density at radius 3 is 2.75 bits per heavy atom. The first kappa shape index (κ1) is 12.5. The second kappa shape index (κ2) is 6.10. The van der Waals surface area contributed by atoms with Crippen molar-refractivity contribution in [1.29, 1.82) is 0 Å². The van der Waals surface area contributed by atoms with E-state index in [1.807, 2.05) is 19.9 Å². The Morgan fingerprint density at radius 1 is 1.44 bits per heavy atom. The summed E-state index contributed by atoms with van der Waals surface area (Å²) in [6.07, 6.45) is 0. The topological polar surface area (TPSA) is 32.3 Å². The van der Waals surface area contributed by atoms with Crippen LogP contribution in [0.5, 0.6) is 0 Å². The number of carbonyl (C=O) groups is 1. The van der Waals surface area contributed by atoms with Gasteiger partial charge in [0.1, 0.15) is 5.82 Å². The van der Waals surface area contributed by atoms with Crippen molar-refractivity contribution in [3.05, 3.63) is 35.6 Å². The molecule has 0 saturated heterocycles. The average Bonchev–Trinajstić information content (AvgIpc) is 2.26. The van der Waals surface area contributed by atoms with Crippen LogP contribution in [0.3, 0.4) is 0 Å². The van der Waals surface area contributed by atoms with Gasteiger partial charge in [0.15, 0.2) is 0 Å². The van der Waals surface area contributed by atoms with Gasteiger partial charge in [-0.05, 0) is 31.5 Å². The highest BCUT2D eigenvalue weighted by molar-refractivity contribution is 5.74. The van der Waals surface area contributed by atoms with Crippen molar-refractivity contribution >= 4 is 6.03 Å². The van der Waals surface area contributed by atoms with Gasteiger partial charge in [-0.3, -0.25) is 0 Å². The van der Waals surface area contributed by atoms with E-state index in [0.717, 1.165) is 5.56 Å². The number of hydrogen-bond acceptors (Lipinski definition) is 1. The fraction of sp³-hybridized carbons (Fsp3) is 0.417. The van der Waals surface area contributed by atoms with Gasteiger partial charge in [0.05, 0.1) is 0 Å². The maximum Gasteiger partial charge on any atom is 0.317 e. The summed E-state index contributed by atoms with van der Waals surface area (Å²) in [5.41, 5.74) is 0.799. The van der Waals surface area contributed by atoms with Crippen LogP contribution in [0.4, 0.5) is 9.18 Å². The summed E-state index contributed by atoms with van der Waals surface area (Å²) in [6, 6.07) is 6.18. The third-order valence-electron chi connectivity index (χ3n) is 2.26. The number of nitrogens with one attached hydrogen (secondary N) is 1. The second-order valence-electron chi connectivity index (χ2n) is 3.48. The lowest BCUT2D eigenvalue weighted by Crippen LogP contribution is -2.39. The number of carbonyl (C=O) groups excluding carboxylic acids is 1. The first-order chi connectivity index (χ1) is 7.67. The van der Waals surface area contributed by atoms with Crippen LogP contribution < -0.4 is 5.32 Å². The summed E-state index contributed by atoms with van der Waals surface area (Å²) >= 11 is 0. The van der Waals surface area contributed by atoms with Crippen molar-refractivity contribution in [2.24, 2.45) is 0 Å². The van der Waals surface area contributed by atoms with Crippen LogP contribution in [0.2, 0.25) is 0 Å². The van der Waals surface area contributed by atoms with Crippen LogP contribution in [0.1, 0.15) is 19.4 Å². The number of urea groups is 1. The summed E-state index contributed by atoms with van der Waals surface area (Å²) in [6.45, 7) is 5.39. The fourth-order valence-corrected chi connectivity index (χ4v) is 1.45. The van der Waals surface area contributed by atoms with Gasteiger partial charge in [-0.15, -0.1) is 0 Å².